The lowest BCUT2D eigenvalue weighted by atomic mass is 9.82. The van der Waals surface area contributed by atoms with E-state index < -0.39 is 24.1 Å². The van der Waals surface area contributed by atoms with E-state index in [0.717, 1.165) is 0 Å². The molecule has 3 aromatic rings. The number of anilines is 1. The number of carbonyl (C=O) groups excluding carboxylic acids is 1. The topological polar surface area (TPSA) is 90.7 Å². The first-order chi connectivity index (χ1) is 15.9. The van der Waals surface area contributed by atoms with E-state index in [-0.39, 0.29) is 16.8 Å². The number of nitrogen functional groups attached to an aromatic ring is 1. The zero-order valence-corrected chi connectivity index (χ0v) is 19.1. The van der Waals surface area contributed by atoms with Crippen molar-refractivity contribution in [2.24, 2.45) is 10.9 Å². The number of primary amides is 1. The number of aryl methyl sites for hydroxylation is 2. The van der Waals surface area contributed by atoms with Crippen molar-refractivity contribution in [2.45, 2.75) is 32.0 Å². The molecular formula is C25H21ClF3N3O2. The first-order valence-electron chi connectivity index (χ1n) is 10.3. The van der Waals surface area contributed by atoms with Crippen LogP contribution in [0.4, 0.5) is 18.9 Å². The molecule has 0 bridgehead atoms. The summed E-state index contributed by atoms with van der Waals surface area (Å²) >= 11 is 5.90. The standard InChI is InChI=1S/C25H21ClF3N3O2/c1-13-10-16(11-14(2)21(13)22-18(23(31)33)4-3-5-19(22)30)24(25(27,28)29)12-20(32-34-24)15-6-8-17(26)9-7-15/h3-11H,12,30H2,1-2H3,(H2,31,33). The van der Waals surface area contributed by atoms with E-state index in [9.17, 15) is 18.0 Å². The number of amides is 1. The highest BCUT2D eigenvalue weighted by molar-refractivity contribution is 6.30. The number of halogens is 4. The Balaban J connectivity index is 1.83. The SMILES string of the molecule is Cc1cc(C2(C(F)(F)F)CC(c3ccc(Cl)cc3)=NO2)cc(C)c1-c1c(N)cccc1C(N)=O. The van der Waals surface area contributed by atoms with Gasteiger partial charge in [-0.2, -0.15) is 13.2 Å². The average molecular weight is 488 g/mol. The van der Waals surface area contributed by atoms with Crippen LogP contribution >= 0.6 is 11.6 Å². The van der Waals surface area contributed by atoms with Crippen LogP contribution in [0.3, 0.4) is 0 Å². The van der Waals surface area contributed by atoms with Crippen molar-refractivity contribution in [2.75, 3.05) is 5.73 Å². The molecule has 9 heteroatoms. The third kappa shape index (κ3) is 3.88. The van der Waals surface area contributed by atoms with Gasteiger partial charge in [-0.3, -0.25) is 4.79 Å². The lowest BCUT2D eigenvalue weighted by molar-refractivity contribution is -0.275. The molecule has 0 saturated carbocycles. The first-order valence-corrected chi connectivity index (χ1v) is 10.7. The predicted octanol–water partition coefficient (Wildman–Crippen LogP) is 5.89. The van der Waals surface area contributed by atoms with E-state index in [1.165, 1.54) is 18.2 Å². The molecule has 176 valence electrons. The van der Waals surface area contributed by atoms with Crippen LogP contribution in [-0.4, -0.2) is 17.8 Å². The second kappa shape index (κ2) is 8.36. The Hall–Kier alpha value is -3.52. The second-order valence-electron chi connectivity index (χ2n) is 8.26. The Morgan fingerprint density at radius 1 is 1.06 bits per heavy atom. The number of benzene rings is 3. The minimum atomic E-state index is -4.75. The summed E-state index contributed by atoms with van der Waals surface area (Å²) in [5.41, 5.74) is 12.0. The summed E-state index contributed by atoms with van der Waals surface area (Å²) in [5, 5.41) is 4.26. The molecule has 34 heavy (non-hydrogen) atoms. The Kier molecular flexibility index (Phi) is 5.81. The molecule has 1 atom stereocenters. The summed E-state index contributed by atoms with van der Waals surface area (Å²) in [6.07, 6.45) is -5.26. The lowest BCUT2D eigenvalue weighted by Crippen LogP contribution is -2.42. The summed E-state index contributed by atoms with van der Waals surface area (Å²) in [6.45, 7) is 3.31. The second-order valence-corrected chi connectivity index (χ2v) is 8.69. The number of hydrogen-bond donors (Lipinski definition) is 2. The van der Waals surface area contributed by atoms with Gasteiger partial charge in [-0.25, -0.2) is 0 Å². The number of hydrogen-bond acceptors (Lipinski definition) is 4. The van der Waals surface area contributed by atoms with Crippen LogP contribution in [0.15, 0.2) is 59.8 Å². The van der Waals surface area contributed by atoms with Crippen LogP contribution in [0.1, 0.15) is 39.0 Å². The quantitative estimate of drug-likeness (QED) is 0.450. The third-order valence-corrected chi connectivity index (χ3v) is 6.23. The Morgan fingerprint density at radius 2 is 1.68 bits per heavy atom. The molecule has 3 aromatic carbocycles. The maximum atomic E-state index is 14.5. The molecule has 0 saturated heterocycles. The van der Waals surface area contributed by atoms with Gasteiger partial charge < -0.3 is 16.3 Å². The fourth-order valence-corrected chi connectivity index (χ4v) is 4.47. The molecule has 0 spiro atoms. The van der Waals surface area contributed by atoms with Gasteiger partial charge in [0.1, 0.15) is 0 Å². The lowest BCUT2D eigenvalue weighted by Gasteiger charge is -2.31. The van der Waals surface area contributed by atoms with E-state index in [2.05, 4.69) is 5.16 Å². The van der Waals surface area contributed by atoms with E-state index in [4.69, 9.17) is 27.9 Å². The summed E-state index contributed by atoms with van der Waals surface area (Å²) in [7, 11) is 0. The van der Waals surface area contributed by atoms with E-state index >= 15 is 0 Å². The third-order valence-electron chi connectivity index (χ3n) is 5.97. The number of nitrogens with zero attached hydrogens (tertiary/aromatic N) is 1. The molecule has 1 amide bonds. The maximum absolute atomic E-state index is 14.5. The Morgan fingerprint density at radius 3 is 2.24 bits per heavy atom. The molecule has 4 N–H and O–H groups in total. The fraction of sp³-hybridized carbons (Fsp3) is 0.200. The first kappa shape index (κ1) is 23.6. The molecule has 0 fully saturated rings. The van der Waals surface area contributed by atoms with Crippen molar-refractivity contribution in [1.82, 2.24) is 0 Å². The predicted molar refractivity (Wildman–Crippen MR) is 126 cm³/mol. The van der Waals surface area contributed by atoms with Gasteiger partial charge in [-0.1, -0.05) is 47.1 Å². The fourth-order valence-electron chi connectivity index (χ4n) is 4.35. The van der Waals surface area contributed by atoms with E-state index in [1.807, 2.05) is 0 Å². The minimum absolute atomic E-state index is 0.0957. The highest BCUT2D eigenvalue weighted by Crippen LogP contribution is 2.50. The van der Waals surface area contributed by atoms with Gasteiger partial charge in [0.15, 0.2) is 0 Å². The number of nitrogens with two attached hydrogens (primary N) is 2. The molecule has 1 unspecified atom stereocenters. The summed E-state index contributed by atoms with van der Waals surface area (Å²) in [4.78, 5) is 17.2. The van der Waals surface area contributed by atoms with Gasteiger partial charge in [0.2, 0.25) is 5.91 Å². The molecule has 4 rings (SSSR count). The van der Waals surface area contributed by atoms with Gasteiger partial charge in [0.05, 0.1) is 5.71 Å². The van der Waals surface area contributed by atoms with Crippen LogP contribution < -0.4 is 11.5 Å². The van der Waals surface area contributed by atoms with Crippen molar-refractivity contribution in [3.63, 3.8) is 0 Å². The minimum Gasteiger partial charge on any atom is -0.398 e. The molecule has 5 nitrogen and oxygen atoms in total. The van der Waals surface area contributed by atoms with Crippen LogP contribution in [0.5, 0.6) is 0 Å². The molecule has 1 aliphatic rings. The summed E-state index contributed by atoms with van der Waals surface area (Å²) < 4.78 is 43.4. The molecule has 1 heterocycles. The molecule has 0 aromatic heterocycles. The number of oxime groups is 1. The Bertz CT molecular complexity index is 1300. The van der Waals surface area contributed by atoms with Crippen molar-refractivity contribution < 1.29 is 22.8 Å². The van der Waals surface area contributed by atoms with Crippen LogP contribution in [0, 0.1) is 13.8 Å². The van der Waals surface area contributed by atoms with Gasteiger partial charge in [0, 0.05) is 33.8 Å². The van der Waals surface area contributed by atoms with E-state index in [0.29, 0.717) is 38.5 Å². The highest BCUT2D eigenvalue weighted by atomic mass is 35.5. The molecular weight excluding hydrogens is 467 g/mol. The number of carbonyl (C=O) groups is 1. The molecule has 0 radical (unpaired) electrons. The average Bonchev–Trinajstić information content (AvgIpc) is 3.21. The van der Waals surface area contributed by atoms with Crippen molar-refractivity contribution >= 4 is 28.9 Å². The zero-order valence-electron chi connectivity index (χ0n) is 18.3. The summed E-state index contributed by atoms with van der Waals surface area (Å²) in [6, 6.07) is 13.9. The Labute approximate surface area is 199 Å². The monoisotopic (exact) mass is 487 g/mol. The summed E-state index contributed by atoms with van der Waals surface area (Å²) in [5.74, 6) is -0.683. The number of alkyl halides is 3. The molecule has 1 aliphatic heterocycles. The molecule has 0 aliphatic carbocycles. The van der Waals surface area contributed by atoms with Gasteiger partial charge in [0.25, 0.3) is 5.60 Å². The van der Waals surface area contributed by atoms with Gasteiger partial charge >= 0.3 is 6.18 Å². The highest BCUT2D eigenvalue weighted by Gasteiger charge is 2.62. The number of rotatable bonds is 4. The maximum Gasteiger partial charge on any atom is 0.435 e. The van der Waals surface area contributed by atoms with Crippen molar-refractivity contribution in [3.05, 3.63) is 87.4 Å². The van der Waals surface area contributed by atoms with Crippen molar-refractivity contribution in [1.29, 1.82) is 0 Å². The normalized spacial score (nSPS) is 17.9. The van der Waals surface area contributed by atoms with E-state index in [1.54, 1.807) is 50.2 Å². The van der Waals surface area contributed by atoms with Gasteiger partial charge in [-0.05, 0) is 60.4 Å². The van der Waals surface area contributed by atoms with Gasteiger partial charge in [-0.15, -0.1) is 0 Å². The van der Waals surface area contributed by atoms with Crippen LogP contribution in [-0.2, 0) is 10.4 Å². The smallest absolute Gasteiger partial charge is 0.398 e. The largest absolute Gasteiger partial charge is 0.435 e. The van der Waals surface area contributed by atoms with Crippen molar-refractivity contribution in [3.8, 4) is 11.1 Å². The van der Waals surface area contributed by atoms with Crippen LogP contribution in [0.2, 0.25) is 5.02 Å². The zero-order chi connectivity index (χ0) is 24.8. The van der Waals surface area contributed by atoms with Crippen LogP contribution in [0.25, 0.3) is 11.1 Å².